The second-order valence-electron chi connectivity index (χ2n) is 8.20. The lowest BCUT2D eigenvalue weighted by Crippen LogP contribution is -2.40. The van der Waals surface area contributed by atoms with Gasteiger partial charge in [0.15, 0.2) is 0 Å². The molecule has 0 saturated carbocycles. The molecule has 0 saturated heterocycles. The van der Waals surface area contributed by atoms with Gasteiger partial charge in [-0.1, -0.05) is 23.7 Å². The quantitative estimate of drug-likeness (QED) is 0.491. The summed E-state index contributed by atoms with van der Waals surface area (Å²) in [5.74, 6) is 0.742. The van der Waals surface area contributed by atoms with Gasteiger partial charge in [-0.25, -0.2) is 0 Å². The van der Waals surface area contributed by atoms with E-state index in [9.17, 15) is 14.7 Å². The Kier molecular flexibility index (Phi) is 7.55. The molecule has 3 aromatic rings. The van der Waals surface area contributed by atoms with Crippen molar-refractivity contribution in [2.45, 2.75) is 6.10 Å². The zero-order chi connectivity index (χ0) is 24.9. The largest absolute Gasteiger partial charge is 0.497 e. The fraction of sp³-hybridized carbons (Fsp3) is 0.231. The van der Waals surface area contributed by atoms with Crippen molar-refractivity contribution in [2.75, 3.05) is 44.1 Å². The van der Waals surface area contributed by atoms with E-state index in [1.807, 2.05) is 0 Å². The van der Waals surface area contributed by atoms with Crippen LogP contribution < -0.4 is 19.7 Å². The molecule has 1 aliphatic rings. The monoisotopic (exact) mass is 495 g/mol. The van der Waals surface area contributed by atoms with E-state index in [-0.39, 0.29) is 31.5 Å². The highest BCUT2D eigenvalue weighted by Gasteiger charge is 2.30. The van der Waals surface area contributed by atoms with Crippen LogP contribution >= 0.6 is 11.6 Å². The summed E-state index contributed by atoms with van der Waals surface area (Å²) in [7, 11) is 3.33. The van der Waals surface area contributed by atoms with Crippen LogP contribution in [0.25, 0.3) is 0 Å². The average molecular weight is 496 g/mol. The van der Waals surface area contributed by atoms with Gasteiger partial charge in [0.05, 0.1) is 36.3 Å². The predicted molar refractivity (Wildman–Crippen MR) is 135 cm³/mol. The van der Waals surface area contributed by atoms with Crippen molar-refractivity contribution in [3.05, 3.63) is 77.3 Å². The summed E-state index contributed by atoms with van der Waals surface area (Å²) >= 11 is 6.14. The minimum atomic E-state index is -0.819. The Bertz CT molecular complexity index is 1220. The van der Waals surface area contributed by atoms with E-state index in [0.29, 0.717) is 39.1 Å². The van der Waals surface area contributed by atoms with Crippen LogP contribution in [0.2, 0.25) is 5.02 Å². The van der Waals surface area contributed by atoms with Crippen molar-refractivity contribution in [3.8, 4) is 11.5 Å². The van der Waals surface area contributed by atoms with Gasteiger partial charge >= 0.3 is 0 Å². The summed E-state index contributed by atoms with van der Waals surface area (Å²) in [6.07, 6.45) is -0.819. The minimum absolute atomic E-state index is 0.00415. The lowest BCUT2D eigenvalue weighted by Gasteiger charge is -2.27. The van der Waals surface area contributed by atoms with Crippen LogP contribution in [0.3, 0.4) is 0 Å². The van der Waals surface area contributed by atoms with Crippen LogP contribution in [-0.2, 0) is 4.79 Å². The third kappa shape index (κ3) is 5.74. The van der Waals surface area contributed by atoms with Crippen LogP contribution in [0.15, 0.2) is 66.7 Å². The van der Waals surface area contributed by atoms with Gasteiger partial charge in [-0.15, -0.1) is 0 Å². The Morgan fingerprint density at radius 3 is 2.54 bits per heavy atom. The van der Waals surface area contributed by atoms with E-state index in [2.05, 4.69) is 5.32 Å². The van der Waals surface area contributed by atoms with Gasteiger partial charge in [0.25, 0.3) is 5.91 Å². The number of anilines is 3. The summed E-state index contributed by atoms with van der Waals surface area (Å²) in [5, 5.41) is 13.7. The highest BCUT2D eigenvalue weighted by Crippen LogP contribution is 2.39. The van der Waals surface area contributed by atoms with Gasteiger partial charge in [0, 0.05) is 11.6 Å². The van der Waals surface area contributed by atoms with Crippen molar-refractivity contribution in [3.63, 3.8) is 0 Å². The minimum Gasteiger partial charge on any atom is -0.497 e. The summed E-state index contributed by atoms with van der Waals surface area (Å²) in [6.45, 7) is 0.281. The third-order valence-corrected chi connectivity index (χ3v) is 5.75. The van der Waals surface area contributed by atoms with Crippen LogP contribution in [0.4, 0.5) is 17.1 Å². The number of likely N-dealkylation sites (N-methyl/N-ethyl adjacent to an activating group) is 1. The molecular weight excluding hydrogens is 470 g/mol. The lowest BCUT2D eigenvalue weighted by molar-refractivity contribution is -0.119. The van der Waals surface area contributed by atoms with Gasteiger partial charge in [-0.2, -0.15) is 0 Å². The number of methoxy groups -OCH3 is 1. The first-order valence-corrected chi connectivity index (χ1v) is 11.4. The fourth-order valence-electron chi connectivity index (χ4n) is 3.90. The van der Waals surface area contributed by atoms with E-state index >= 15 is 0 Å². The standard InChI is InChI=1S/C26H26ClN3O5/c1-29(14-18(31)16-35-20-10-8-19(34-2)9-11-20)15-25(32)30-23-6-4-3-5-21(23)26(33)28-22-13-17(27)7-12-24(22)30/h3-13,18,31H,14-16H2,1-2H3,(H,28,33). The zero-order valence-electron chi connectivity index (χ0n) is 19.4. The number of fused-ring (bicyclic) bond motifs is 2. The molecule has 0 aliphatic carbocycles. The van der Waals surface area contributed by atoms with Gasteiger partial charge in [-0.3, -0.25) is 19.4 Å². The molecule has 2 N–H and O–H groups in total. The fourth-order valence-corrected chi connectivity index (χ4v) is 4.07. The maximum absolute atomic E-state index is 13.5. The third-order valence-electron chi connectivity index (χ3n) is 5.52. The van der Waals surface area contributed by atoms with E-state index < -0.39 is 6.10 Å². The molecule has 182 valence electrons. The molecule has 1 unspecified atom stereocenters. The number of para-hydroxylation sites is 1. The second-order valence-corrected chi connectivity index (χ2v) is 8.64. The van der Waals surface area contributed by atoms with E-state index in [4.69, 9.17) is 21.1 Å². The number of carbonyl (C=O) groups excluding carboxylic acids is 2. The predicted octanol–water partition coefficient (Wildman–Crippen LogP) is 3.95. The number of nitrogens with zero attached hydrogens (tertiary/aromatic N) is 2. The molecule has 0 bridgehead atoms. The summed E-state index contributed by atoms with van der Waals surface area (Å²) in [6, 6.07) is 19.0. The van der Waals surface area contributed by atoms with E-state index in [0.717, 1.165) is 0 Å². The molecule has 0 radical (unpaired) electrons. The molecule has 9 heteroatoms. The van der Waals surface area contributed by atoms with Gasteiger partial charge in [0.2, 0.25) is 5.91 Å². The number of carbonyl (C=O) groups is 2. The Labute approximate surface area is 208 Å². The van der Waals surface area contributed by atoms with E-state index in [1.165, 1.54) is 4.90 Å². The Balaban J connectivity index is 1.45. The van der Waals surface area contributed by atoms with Gasteiger partial charge in [-0.05, 0) is 61.6 Å². The molecule has 4 rings (SSSR count). The molecular formula is C26H26ClN3O5. The normalized spacial score (nSPS) is 13.4. The number of hydrogen-bond donors (Lipinski definition) is 2. The number of halogens is 1. The smallest absolute Gasteiger partial charge is 0.257 e. The first-order chi connectivity index (χ1) is 16.9. The van der Waals surface area contributed by atoms with Crippen molar-refractivity contribution in [1.82, 2.24) is 4.90 Å². The average Bonchev–Trinajstić information content (AvgIpc) is 2.96. The van der Waals surface area contributed by atoms with Crippen molar-refractivity contribution in [2.24, 2.45) is 0 Å². The van der Waals surface area contributed by atoms with Gasteiger partial charge < -0.3 is 19.9 Å². The Hall–Kier alpha value is -3.59. The molecule has 1 aliphatic heterocycles. The molecule has 0 aromatic heterocycles. The van der Waals surface area contributed by atoms with Gasteiger partial charge in [0.1, 0.15) is 24.2 Å². The maximum atomic E-state index is 13.5. The molecule has 0 fully saturated rings. The van der Waals surface area contributed by atoms with Crippen LogP contribution in [0, 0.1) is 0 Å². The number of hydrogen-bond acceptors (Lipinski definition) is 6. The number of ether oxygens (including phenoxy) is 2. The first-order valence-electron chi connectivity index (χ1n) is 11.0. The highest BCUT2D eigenvalue weighted by atomic mass is 35.5. The summed E-state index contributed by atoms with van der Waals surface area (Å²) < 4.78 is 10.8. The molecule has 3 aromatic carbocycles. The van der Waals surface area contributed by atoms with Crippen molar-refractivity contribution in [1.29, 1.82) is 0 Å². The maximum Gasteiger partial charge on any atom is 0.257 e. The second kappa shape index (κ2) is 10.8. The topological polar surface area (TPSA) is 91.3 Å². The highest BCUT2D eigenvalue weighted by molar-refractivity contribution is 6.31. The van der Waals surface area contributed by atoms with Crippen LogP contribution in [0.5, 0.6) is 11.5 Å². The number of aliphatic hydroxyl groups is 1. The molecule has 2 amide bonds. The zero-order valence-corrected chi connectivity index (χ0v) is 20.2. The molecule has 1 heterocycles. The van der Waals surface area contributed by atoms with Crippen LogP contribution in [-0.4, -0.2) is 61.8 Å². The Morgan fingerprint density at radius 2 is 1.80 bits per heavy atom. The molecule has 0 spiro atoms. The number of nitrogens with one attached hydrogen (secondary N) is 1. The van der Waals surface area contributed by atoms with Crippen LogP contribution in [0.1, 0.15) is 10.4 Å². The number of benzene rings is 3. The number of aliphatic hydroxyl groups excluding tert-OH is 1. The molecule has 35 heavy (non-hydrogen) atoms. The SMILES string of the molecule is COc1ccc(OCC(O)CN(C)CC(=O)N2c3ccc(Cl)cc3NC(=O)c3ccccc32)cc1. The molecule has 8 nitrogen and oxygen atoms in total. The summed E-state index contributed by atoms with van der Waals surface area (Å²) in [4.78, 5) is 29.5. The van der Waals surface area contributed by atoms with E-state index in [1.54, 1.807) is 85.8 Å². The lowest BCUT2D eigenvalue weighted by atomic mass is 10.1. The van der Waals surface area contributed by atoms with Crippen molar-refractivity contribution < 1.29 is 24.2 Å². The number of rotatable bonds is 8. The first kappa shape index (κ1) is 24.5. The Morgan fingerprint density at radius 1 is 1.09 bits per heavy atom. The number of amides is 2. The summed E-state index contributed by atoms with van der Waals surface area (Å²) in [5.41, 5.74) is 1.83. The molecule has 1 atom stereocenters. The van der Waals surface area contributed by atoms with Crippen molar-refractivity contribution >= 4 is 40.5 Å².